The number of benzene rings is 5. The Bertz CT molecular complexity index is 2020. The second-order valence-electron chi connectivity index (χ2n) is 13.9. The summed E-state index contributed by atoms with van der Waals surface area (Å²) in [7, 11) is 1.70. The standard InChI is InChI=1S/C43H40FNO2/c1-46-33-19-14-30(15-20-33)43(29-12-17-32(18-13-29)45-26-8-3-9-27-45)25-22-37-40-39(34-10-4-5-11-35(34)41(37)47-43)36-21-16-31(44)28-38(36)42(40)23-6-2-7-24-42/h4-5,10-22,25,28H,2-3,6-9,23-24,26-27H2,1H3. The van der Waals surface area contributed by atoms with E-state index in [-0.39, 0.29) is 11.2 Å². The van der Waals surface area contributed by atoms with E-state index in [0.717, 1.165) is 77.9 Å². The molecule has 2 aliphatic carbocycles. The molecule has 1 saturated carbocycles. The number of hydrogen-bond acceptors (Lipinski definition) is 3. The fraction of sp³-hybridized carbons (Fsp3) is 0.302. The minimum atomic E-state index is -0.839. The quantitative estimate of drug-likeness (QED) is 0.199. The maximum Gasteiger partial charge on any atom is 0.178 e. The number of nitrogens with zero attached hydrogens (tertiary/aromatic N) is 1. The SMILES string of the molecule is COc1ccc(C2(c3ccc(N4CCCCC4)cc3)C=Cc3c4c(c5ccccc5c3O2)-c2ccc(F)cc2C42CCCCC2)cc1. The van der Waals surface area contributed by atoms with Crippen LogP contribution >= 0.6 is 0 Å². The molecule has 0 bridgehead atoms. The van der Waals surface area contributed by atoms with E-state index in [1.807, 2.05) is 24.3 Å². The number of hydrogen-bond donors (Lipinski definition) is 0. The zero-order chi connectivity index (χ0) is 31.6. The zero-order valence-electron chi connectivity index (χ0n) is 27.0. The summed E-state index contributed by atoms with van der Waals surface area (Å²) in [5.74, 6) is 1.58. The van der Waals surface area contributed by atoms with Crippen molar-refractivity contribution in [3.63, 3.8) is 0 Å². The molecule has 4 heteroatoms. The summed E-state index contributed by atoms with van der Waals surface area (Å²) in [6.07, 6.45) is 13.9. The summed E-state index contributed by atoms with van der Waals surface area (Å²) in [4.78, 5) is 2.50. The number of ether oxygens (including phenoxy) is 2. The smallest absolute Gasteiger partial charge is 0.178 e. The lowest BCUT2D eigenvalue weighted by Gasteiger charge is -2.41. The van der Waals surface area contributed by atoms with Crippen molar-refractivity contribution in [1.29, 1.82) is 0 Å². The molecule has 2 aliphatic heterocycles. The summed E-state index contributed by atoms with van der Waals surface area (Å²) >= 11 is 0. The first-order valence-electron chi connectivity index (χ1n) is 17.4. The Labute approximate surface area is 276 Å². The van der Waals surface area contributed by atoms with Crippen LogP contribution in [0.3, 0.4) is 0 Å². The Morgan fingerprint density at radius 2 is 1.43 bits per heavy atom. The van der Waals surface area contributed by atoms with Gasteiger partial charge in [-0.15, -0.1) is 0 Å². The number of fused-ring (bicyclic) bond motifs is 10. The van der Waals surface area contributed by atoms with Crippen molar-refractivity contribution < 1.29 is 13.9 Å². The normalized spacial score (nSPS) is 20.9. The van der Waals surface area contributed by atoms with Crippen molar-refractivity contribution >= 4 is 22.5 Å². The summed E-state index contributed by atoms with van der Waals surface area (Å²) in [6.45, 7) is 2.22. The predicted molar refractivity (Wildman–Crippen MR) is 189 cm³/mol. The van der Waals surface area contributed by atoms with Crippen LogP contribution < -0.4 is 14.4 Å². The maximum atomic E-state index is 15.0. The van der Waals surface area contributed by atoms with E-state index in [4.69, 9.17) is 9.47 Å². The van der Waals surface area contributed by atoms with Gasteiger partial charge in [-0.1, -0.05) is 79.9 Å². The van der Waals surface area contributed by atoms with Crippen molar-refractivity contribution in [2.24, 2.45) is 0 Å². The van der Waals surface area contributed by atoms with Crippen molar-refractivity contribution in [1.82, 2.24) is 0 Å². The Hall–Kier alpha value is -4.57. The molecule has 1 spiro atoms. The van der Waals surface area contributed by atoms with Crippen LogP contribution in [0.15, 0.2) is 97.1 Å². The van der Waals surface area contributed by atoms with Gasteiger partial charge in [-0.3, -0.25) is 0 Å². The summed E-state index contributed by atoms with van der Waals surface area (Å²) in [6, 6.07) is 31.5. The molecule has 4 aliphatic rings. The fourth-order valence-corrected chi connectivity index (χ4v) is 9.20. The molecule has 0 amide bonds. The third-order valence-electron chi connectivity index (χ3n) is 11.4. The Morgan fingerprint density at radius 1 is 0.745 bits per heavy atom. The number of halogens is 1. The summed E-state index contributed by atoms with van der Waals surface area (Å²) < 4.78 is 28.1. The third kappa shape index (κ3) is 4.30. The van der Waals surface area contributed by atoms with Crippen molar-refractivity contribution in [2.45, 2.75) is 62.4 Å². The van der Waals surface area contributed by atoms with E-state index in [1.54, 1.807) is 13.2 Å². The highest BCUT2D eigenvalue weighted by Crippen LogP contribution is 2.62. The molecule has 2 fully saturated rings. The second kappa shape index (κ2) is 11.0. The summed E-state index contributed by atoms with van der Waals surface area (Å²) in [5, 5.41) is 2.27. The highest BCUT2D eigenvalue weighted by Gasteiger charge is 2.49. The van der Waals surface area contributed by atoms with Gasteiger partial charge in [-0.05, 0) is 102 Å². The lowest BCUT2D eigenvalue weighted by Crippen LogP contribution is -2.36. The molecule has 0 radical (unpaired) electrons. The molecule has 0 N–H and O–H groups in total. The first-order valence-corrected chi connectivity index (χ1v) is 17.4. The Kier molecular flexibility index (Phi) is 6.71. The predicted octanol–water partition coefficient (Wildman–Crippen LogP) is 10.6. The molecule has 1 unspecified atom stereocenters. The lowest BCUT2D eigenvalue weighted by molar-refractivity contribution is 0.163. The zero-order valence-corrected chi connectivity index (χ0v) is 27.0. The van der Waals surface area contributed by atoms with E-state index in [1.165, 1.54) is 53.4 Å². The van der Waals surface area contributed by atoms with Gasteiger partial charge in [0.05, 0.1) is 7.11 Å². The first kappa shape index (κ1) is 28.6. The van der Waals surface area contributed by atoms with Crippen LogP contribution in [-0.2, 0) is 11.0 Å². The lowest BCUT2D eigenvalue weighted by atomic mass is 9.66. The average molecular weight is 622 g/mol. The van der Waals surface area contributed by atoms with Gasteiger partial charge in [0.1, 0.15) is 17.3 Å². The van der Waals surface area contributed by atoms with Gasteiger partial charge in [0.2, 0.25) is 0 Å². The van der Waals surface area contributed by atoms with E-state index >= 15 is 4.39 Å². The summed E-state index contributed by atoms with van der Waals surface area (Å²) in [5.41, 5.74) is 8.41. The number of anilines is 1. The molecule has 0 aromatic heterocycles. The number of piperidine rings is 1. The van der Waals surface area contributed by atoms with Crippen LogP contribution in [0.1, 0.15) is 79.2 Å². The molecule has 5 aromatic rings. The third-order valence-corrected chi connectivity index (χ3v) is 11.4. The molecule has 3 nitrogen and oxygen atoms in total. The van der Waals surface area contributed by atoms with E-state index in [0.29, 0.717) is 0 Å². The van der Waals surface area contributed by atoms with E-state index < -0.39 is 5.60 Å². The fourth-order valence-electron chi connectivity index (χ4n) is 9.20. The van der Waals surface area contributed by atoms with Crippen LogP contribution in [0.4, 0.5) is 10.1 Å². The largest absolute Gasteiger partial charge is 0.497 e. The van der Waals surface area contributed by atoms with Gasteiger partial charge in [0.25, 0.3) is 0 Å². The molecule has 2 heterocycles. The second-order valence-corrected chi connectivity index (χ2v) is 13.9. The van der Waals surface area contributed by atoms with Gasteiger partial charge < -0.3 is 14.4 Å². The minimum absolute atomic E-state index is 0.155. The van der Waals surface area contributed by atoms with Gasteiger partial charge in [0, 0.05) is 46.3 Å². The molecular formula is C43H40FNO2. The molecule has 236 valence electrons. The monoisotopic (exact) mass is 621 g/mol. The van der Waals surface area contributed by atoms with Gasteiger partial charge >= 0.3 is 0 Å². The average Bonchev–Trinajstić information content (AvgIpc) is 3.40. The molecule has 9 rings (SSSR count). The van der Waals surface area contributed by atoms with Crippen molar-refractivity contribution in [2.75, 3.05) is 25.1 Å². The van der Waals surface area contributed by atoms with Gasteiger partial charge in [-0.25, -0.2) is 4.39 Å². The minimum Gasteiger partial charge on any atom is -0.497 e. The van der Waals surface area contributed by atoms with Crippen LogP contribution in [0.25, 0.3) is 28.0 Å². The van der Waals surface area contributed by atoms with Gasteiger partial charge in [-0.2, -0.15) is 0 Å². The Balaban J connectivity index is 1.27. The molecular weight excluding hydrogens is 581 g/mol. The highest BCUT2D eigenvalue weighted by atomic mass is 19.1. The van der Waals surface area contributed by atoms with E-state index in [2.05, 4.69) is 77.7 Å². The Morgan fingerprint density at radius 3 is 2.15 bits per heavy atom. The topological polar surface area (TPSA) is 21.7 Å². The molecule has 47 heavy (non-hydrogen) atoms. The number of methoxy groups -OCH3 is 1. The maximum absolute atomic E-state index is 15.0. The van der Waals surface area contributed by atoms with Crippen LogP contribution in [0, 0.1) is 5.82 Å². The van der Waals surface area contributed by atoms with Crippen LogP contribution in [0.2, 0.25) is 0 Å². The molecule has 5 aromatic carbocycles. The number of rotatable bonds is 4. The molecule has 1 saturated heterocycles. The first-order chi connectivity index (χ1) is 23.1. The van der Waals surface area contributed by atoms with Crippen molar-refractivity contribution in [3.8, 4) is 22.6 Å². The van der Waals surface area contributed by atoms with E-state index in [9.17, 15) is 0 Å². The van der Waals surface area contributed by atoms with Crippen LogP contribution in [0.5, 0.6) is 11.5 Å². The van der Waals surface area contributed by atoms with Crippen molar-refractivity contribution in [3.05, 3.63) is 131 Å². The van der Waals surface area contributed by atoms with Crippen LogP contribution in [-0.4, -0.2) is 20.2 Å². The van der Waals surface area contributed by atoms with Gasteiger partial charge in [0.15, 0.2) is 5.60 Å². The molecule has 1 atom stereocenters. The highest BCUT2D eigenvalue weighted by molar-refractivity contribution is 6.08.